The number of rotatable bonds is 6. The maximum Gasteiger partial charge on any atom is 0.260 e. The lowest BCUT2D eigenvalue weighted by atomic mass is 10.2. The van der Waals surface area contributed by atoms with Crippen LogP contribution in [-0.4, -0.2) is 53.8 Å². The van der Waals surface area contributed by atoms with Crippen molar-refractivity contribution in [1.29, 1.82) is 0 Å². The van der Waals surface area contributed by atoms with E-state index in [0.29, 0.717) is 32.1 Å². The number of aromatic nitrogens is 2. The summed E-state index contributed by atoms with van der Waals surface area (Å²) >= 11 is 0. The third-order valence-corrected chi connectivity index (χ3v) is 4.90. The third kappa shape index (κ3) is 5.05. The molecule has 0 unspecified atom stereocenters. The lowest BCUT2D eigenvalue weighted by molar-refractivity contribution is -0.133. The van der Waals surface area contributed by atoms with E-state index in [1.54, 1.807) is 0 Å². The SMILES string of the molecule is Cc1cccc(OCC(=O)N2CCN(c3ccc(Oc4ccccc4)nn3)CC2)c1. The van der Waals surface area contributed by atoms with Crippen LogP contribution in [0.3, 0.4) is 0 Å². The van der Waals surface area contributed by atoms with Gasteiger partial charge in [-0.2, -0.15) is 0 Å². The Balaban J connectivity index is 1.26. The highest BCUT2D eigenvalue weighted by Gasteiger charge is 2.22. The second-order valence-corrected chi connectivity index (χ2v) is 7.12. The number of hydrogen-bond donors (Lipinski definition) is 0. The molecule has 1 aliphatic heterocycles. The van der Waals surface area contributed by atoms with Gasteiger partial charge in [0, 0.05) is 32.2 Å². The quantitative estimate of drug-likeness (QED) is 0.628. The molecule has 3 aromatic rings. The highest BCUT2D eigenvalue weighted by Crippen LogP contribution is 2.20. The van der Waals surface area contributed by atoms with E-state index in [4.69, 9.17) is 9.47 Å². The largest absolute Gasteiger partial charge is 0.484 e. The number of carbonyl (C=O) groups excluding carboxylic acids is 1. The number of hydrogen-bond acceptors (Lipinski definition) is 6. The Hall–Kier alpha value is -3.61. The zero-order valence-electron chi connectivity index (χ0n) is 16.9. The molecule has 0 spiro atoms. The van der Waals surface area contributed by atoms with Crippen molar-refractivity contribution < 1.29 is 14.3 Å². The zero-order valence-corrected chi connectivity index (χ0v) is 16.9. The number of ether oxygens (including phenoxy) is 2. The molecular formula is C23H24N4O3. The fourth-order valence-corrected chi connectivity index (χ4v) is 3.27. The van der Waals surface area contributed by atoms with Crippen LogP contribution < -0.4 is 14.4 Å². The minimum atomic E-state index is -0.00570. The van der Waals surface area contributed by atoms with Gasteiger partial charge in [0.2, 0.25) is 5.88 Å². The predicted molar refractivity (Wildman–Crippen MR) is 114 cm³/mol. The molecule has 1 saturated heterocycles. The van der Waals surface area contributed by atoms with Crippen LogP contribution in [0, 0.1) is 6.92 Å². The molecule has 0 aliphatic carbocycles. The molecule has 1 fully saturated rings. The number of amides is 1. The number of carbonyl (C=O) groups is 1. The Morgan fingerprint density at radius 3 is 2.37 bits per heavy atom. The first-order valence-electron chi connectivity index (χ1n) is 9.96. The van der Waals surface area contributed by atoms with Gasteiger partial charge in [-0.1, -0.05) is 30.3 Å². The average Bonchev–Trinajstić information content (AvgIpc) is 2.79. The Kier molecular flexibility index (Phi) is 6.08. The van der Waals surface area contributed by atoms with Crippen LogP contribution in [0.1, 0.15) is 5.56 Å². The van der Waals surface area contributed by atoms with E-state index in [-0.39, 0.29) is 12.5 Å². The maximum absolute atomic E-state index is 12.5. The van der Waals surface area contributed by atoms with Crippen molar-refractivity contribution in [3.63, 3.8) is 0 Å². The van der Waals surface area contributed by atoms with Crippen LogP contribution in [0.15, 0.2) is 66.7 Å². The Morgan fingerprint density at radius 2 is 1.67 bits per heavy atom. The molecule has 0 saturated carbocycles. The first-order valence-corrected chi connectivity index (χ1v) is 9.96. The molecule has 1 aromatic heterocycles. The standard InChI is InChI=1S/C23H24N4O3/c1-18-6-5-9-20(16-18)29-17-23(28)27-14-12-26(13-15-27)21-10-11-22(25-24-21)30-19-7-3-2-4-8-19/h2-11,16H,12-15,17H2,1H3. The molecule has 0 atom stereocenters. The molecule has 0 bridgehead atoms. The summed E-state index contributed by atoms with van der Waals surface area (Å²) < 4.78 is 11.3. The Morgan fingerprint density at radius 1 is 0.900 bits per heavy atom. The summed E-state index contributed by atoms with van der Waals surface area (Å²) in [5, 5.41) is 8.43. The van der Waals surface area contributed by atoms with E-state index in [9.17, 15) is 4.79 Å². The van der Waals surface area contributed by atoms with Crippen LogP contribution in [0.5, 0.6) is 17.4 Å². The number of anilines is 1. The van der Waals surface area contributed by atoms with Crippen LogP contribution >= 0.6 is 0 Å². The van der Waals surface area contributed by atoms with Gasteiger partial charge in [-0.15, -0.1) is 10.2 Å². The molecule has 2 heterocycles. The molecule has 7 nitrogen and oxygen atoms in total. The molecule has 4 rings (SSSR count). The summed E-state index contributed by atoms with van der Waals surface area (Å²) in [6.45, 7) is 4.69. The van der Waals surface area contributed by atoms with Crippen molar-refractivity contribution in [1.82, 2.24) is 15.1 Å². The van der Waals surface area contributed by atoms with E-state index in [1.165, 1.54) is 0 Å². The van der Waals surface area contributed by atoms with Crippen LogP contribution in [0.25, 0.3) is 0 Å². The number of para-hydroxylation sites is 1. The Bertz CT molecular complexity index is 971. The zero-order chi connectivity index (χ0) is 20.8. The first-order chi connectivity index (χ1) is 14.7. The second kappa shape index (κ2) is 9.26. The molecule has 154 valence electrons. The van der Waals surface area contributed by atoms with Crippen molar-refractivity contribution in [3.05, 3.63) is 72.3 Å². The number of benzene rings is 2. The summed E-state index contributed by atoms with van der Waals surface area (Å²) in [5.74, 6) is 2.66. The van der Waals surface area contributed by atoms with Crippen molar-refractivity contribution in [2.75, 3.05) is 37.7 Å². The Labute approximate surface area is 175 Å². The van der Waals surface area contributed by atoms with Crippen LogP contribution in [-0.2, 0) is 4.79 Å². The molecule has 7 heteroatoms. The average molecular weight is 404 g/mol. The number of nitrogens with zero attached hydrogens (tertiary/aromatic N) is 4. The van der Waals surface area contributed by atoms with Gasteiger partial charge in [0.25, 0.3) is 5.91 Å². The minimum absolute atomic E-state index is 0.00570. The lowest BCUT2D eigenvalue weighted by Crippen LogP contribution is -2.50. The maximum atomic E-state index is 12.5. The van der Waals surface area contributed by atoms with Crippen LogP contribution in [0.4, 0.5) is 5.82 Å². The van der Waals surface area contributed by atoms with Crippen molar-refractivity contribution in [2.24, 2.45) is 0 Å². The van der Waals surface area contributed by atoms with Gasteiger partial charge in [-0.05, 0) is 42.8 Å². The summed E-state index contributed by atoms with van der Waals surface area (Å²) in [6, 6.07) is 20.9. The normalized spacial score (nSPS) is 13.8. The van der Waals surface area contributed by atoms with Gasteiger partial charge in [0.15, 0.2) is 12.4 Å². The summed E-state index contributed by atoms with van der Waals surface area (Å²) in [4.78, 5) is 16.4. The number of aryl methyl sites for hydroxylation is 1. The molecule has 2 aromatic carbocycles. The minimum Gasteiger partial charge on any atom is -0.484 e. The molecule has 0 radical (unpaired) electrons. The first kappa shape index (κ1) is 19.7. The molecule has 1 aliphatic rings. The molecule has 1 amide bonds. The lowest BCUT2D eigenvalue weighted by Gasteiger charge is -2.35. The molecule has 30 heavy (non-hydrogen) atoms. The summed E-state index contributed by atoms with van der Waals surface area (Å²) in [5.41, 5.74) is 1.11. The summed E-state index contributed by atoms with van der Waals surface area (Å²) in [7, 11) is 0. The molecular weight excluding hydrogens is 380 g/mol. The van der Waals surface area contributed by atoms with Crippen molar-refractivity contribution in [2.45, 2.75) is 6.92 Å². The van der Waals surface area contributed by atoms with Gasteiger partial charge in [-0.3, -0.25) is 4.79 Å². The van der Waals surface area contributed by atoms with Gasteiger partial charge in [-0.25, -0.2) is 0 Å². The van der Waals surface area contributed by atoms with E-state index in [2.05, 4.69) is 15.1 Å². The van der Waals surface area contributed by atoms with Crippen molar-refractivity contribution in [3.8, 4) is 17.4 Å². The fourth-order valence-electron chi connectivity index (χ4n) is 3.27. The van der Waals surface area contributed by atoms with E-state index in [1.807, 2.05) is 78.6 Å². The topological polar surface area (TPSA) is 67.8 Å². The monoisotopic (exact) mass is 404 g/mol. The third-order valence-electron chi connectivity index (χ3n) is 4.90. The summed E-state index contributed by atoms with van der Waals surface area (Å²) in [6.07, 6.45) is 0. The molecule has 0 N–H and O–H groups in total. The second-order valence-electron chi connectivity index (χ2n) is 7.12. The van der Waals surface area contributed by atoms with E-state index >= 15 is 0 Å². The highest BCUT2D eigenvalue weighted by molar-refractivity contribution is 5.78. The smallest absolute Gasteiger partial charge is 0.260 e. The highest BCUT2D eigenvalue weighted by atomic mass is 16.5. The predicted octanol–water partition coefficient (Wildman–Crippen LogP) is 3.30. The van der Waals surface area contributed by atoms with Gasteiger partial charge >= 0.3 is 0 Å². The van der Waals surface area contributed by atoms with Gasteiger partial charge in [0.1, 0.15) is 11.5 Å². The van der Waals surface area contributed by atoms with E-state index < -0.39 is 0 Å². The number of piperazine rings is 1. The van der Waals surface area contributed by atoms with Gasteiger partial charge in [0.05, 0.1) is 0 Å². The van der Waals surface area contributed by atoms with Crippen LogP contribution in [0.2, 0.25) is 0 Å². The van der Waals surface area contributed by atoms with E-state index in [0.717, 1.165) is 22.9 Å². The fraction of sp³-hybridized carbons (Fsp3) is 0.261. The van der Waals surface area contributed by atoms with Crippen molar-refractivity contribution >= 4 is 11.7 Å². The van der Waals surface area contributed by atoms with Gasteiger partial charge < -0.3 is 19.3 Å².